The molecule has 0 bridgehead atoms. The van der Waals surface area contributed by atoms with E-state index >= 15 is 0 Å². The van der Waals surface area contributed by atoms with Gasteiger partial charge in [-0.15, -0.1) is 6.58 Å². The van der Waals surface area contributed by atoms with E-state index in [1.165, 1.54) is 20.8 Å². The summed E-state index contributed by atoms with van der Waals surface area (Å²) in [5.74, 6) is 0.338. The molecule has 0 aromatic carbocycles. The van der Waals surface area contributed by atoms with Crippen LogP contribution < -0.4 is 19.6 Å². The second-order valence-corrected chi connectivity index (χ2v) is 21.7. The average molecular weight is 899 g/mol. The highest BCUT2D eigenvalue weighted by molar-refractivity contribution is 7.46. The maximum absolute atomic E-state index is 13.2. The predicted molar refractivity (Wildman–Crippen MR) is 193 cm³/mol. The van der Waals surface area contributed by atoms with Crippen molar-refractivity contribution >= 4 is 31.3 Å². The third-order valence-corrected chi connectivity index (χ3v) is 13.9. The van der Waals surface area contributed by atoms with E-state index in [0.717, 1.165) is 12.5 Å². The third kappa shape index (κ3) is 15.7. The summed E-state index contributed by atoms with van der Waals surface area (Å²) >= 11 is 0. The molecule has 0 aliphatic carbocycles. The van der Waals surface area contributed by atoms with Gasteiger partial charge in [-0.2, -0.15) is 0 Å². The SMILES string of the molecule is C=CC(OP(=O)([O-])OC1C[C@H](C)O[C@@H]1COP(=O)([O-])OC(C)(C)C)[C@H]1O[C@@H](C)CC1OP(=O)([O-])OC[C@H]1O[C@@H](C)CC1OP(=O)([O-])OC[C@H]1O[C@@H](C)CC1C(C)C. The van der Waals surface area contributed by atoms with Crippen LogP contribution in [0.1, 0.15) is 88.0 Å². The van der Waals surface area contributed by atoms with Crippen molar-refractivity contribution in [2.45, 2.75) is 167 Å². The van der Waals surface area contributed by atoms with E-state index < -0.39 is 117 Å². The molecule has 0 spiro atoms. The minimum atomic E-state index is -5.25. The Labute approximate surface area is 334 Å². The zero-order valence-electron chi connectivity index (χ0n) is 33.8. The highest BCUT2D eigenvalue weighted by Gasteiger charge is 2.45. The Morgan fingerprint density at radius 2 is 1.04 bits per heavy atom. The molecule has 334 valence electrons. The molecule has 0 radical (unpaired) electrons. The summed E-state index contributed by atoms with van der Waals surface area (Å²) in [7, 11) is -20.1. The Balaban J connectivity index is 1.32. The second-order valence-electron chi connectivity index (χ2n) is 16.3. The minimum Gasteiger partial charge on any atom is -0.756 e. The van der Waals surface area contributed by atoms with Crippen molar-refractivity contribution < 1.29 is 93.0 Å². The van der Waals surface area contributed by atoms with Gasteiger partial charge >= 0.3 is 0 Å². The fourth-order valence-electron chi connectivity index (χ4n) is 7.30. The summed E-state index contributed by atoms with van der Waals surface area (Å²) in [4.78, 5) is 51.4. The lowest BCUT2D eigenvalue weighted by molar-refractivity contribution is -0.241. The molecule has 57 heavy (non-hydrogen) atoms. The highest BCUT2D eigenvalue weighted by Crippen LogP contribution is 2.51. The van der Waals surface area contributed by atoms with Gasteiger partial charge in [-0.05, 0) is 66.7 Å². The second kappa shape index (κ2) is 20.0. The number of rotatable bonds is 21. The van der Waals surface area contributed by atoms with Crippen LogP contribution in [0, 0.1) is 11.8 Å². The lowest BCUT2D eigenvalue weighted by atomic mass is 9.88. The van der Waals surface area contributed by atoms with Crippen molar-refractivity contribution in [2.75, 3.05) is 19.8 Å². The van der Waals surface area contributed by atoms with Crippen LogP contribution in [-0.2, 0) is 73.4 Å². The van der Waals surface area contributed by atoms with Crippen molar-refractivity contribution in [3.05, 3.63) is 12.7 Å². The topological polar surface area (TPSA) is 271 Å². The Morgan fingerprint density at radius 1 is 0.632 bits per heavy atom. The van der Waals surface area contributed by atoms with E-state index in [9.17, 15) is 37.8 Å². The van der Waals surface area contributed by atoms with E-state index in [1.807, 2.05) is 20.8 Å². The number of phosphoric ester groups is 4. The van der Waals surface area contributed by atoms with Crippen LogP contribution >= 0.6 is 31.3 Å². The highest BCUT2D eigenvalue weighted by atomic mass is 31.2. The molecule has 4 rings (SSSR count). The molecular weight excluding hydrogens is 840 g/mol. The fraction of sp³-hybridized carbons (Fsp3) is 0.939. The first-order valence-electron chi connectivity index (χ1n) is 19.0. The molecule has 9 unspecified atom stereocenters. The lowest BCUT2D eigenvalue weighted by Gasteiger charge is -2.35. The van der Waals surface area contributed by atoms with E-state index in [0.29, 0.717) is 0 Å². The number of ether oxygens (including phenoxy) is 4. The Morgan fingerprint density at radius 3 is 1.53 bits per heavy atom. The Kier molecular flexibility index (Phi) is 17.5. The van der Waals surface area contributed by atoms with Crippen molar-refractivity contribution in [3.63, 3.8) is 0 Å². The predicted octanol–water partition coefficient (Wildman–Crippen LogP) is 3.43. The molecule has 0 amide bonds. The quantitative estimate of drug-likeness (QED) is 0.118. The summed E-state index contributed by atoms with van der Waals surface area (Å²) in [6.45, 7) is 17.4. The number of phosphoric acid groups is 4. The molecule has 4 heterocycles. The summed E-state index contributed by atoms with van der Waals surface area (Å²) in [6.07, 6.45) is -9.05. The Bertz CT molecular complexity index is 1530. The zero-order valence-corrected chi connectivity index (χ0v) is 37.3. The molecular formula is C33H58O20P4-4. The molecule has 17 atom stereocenters. The Hall–Kier alpha value is 0.0200. The van der Waals surface area contributed by atoms with Crippen LogP contribution in [0.2, 0.25) is 0 Å². The molecule has 4 fully saturated rings. The molecule has 0 N–H and O–H groups in total. The monoisotopic (exact) mass is 898 g/mol. The molecule has 24 heteroatoms. The van der Waals surface area contributed by atoms with Gasteiger partial charge in [0.05, 0.1) is 74.3 Å². The largest absolute Gasteiger partial charge is 0.756 e. The van der Waals surface area contributed by atoms with Gasteiger partial charge in [-0.1, -0.05) is 19.9 Å². The van der Waals surface area contributed by atoms with Crippen LogP contribution in [0.4, 0.5) is 0 Å². The van der Waals surface area contributed by atoms with Crippen molar-refractivity contribution in [3.8, 4) is 0 Å². The van der Waals surface area contributed by atoms with Crippen molar-refractivity contribution in [2.24, 2.45) is 11.8 Å². The molecule has 4 saturated heterocycles. The standard InChI is InChI=1S/C33H62O20P4/c1-11-25(49-57(40,41)51-27-14-22(6)47-31(27)18-44-56(38,39)53-33(8,9)10)32-28(15-23(7)48-32)52-55(36,37)43-17-30-26(13-21(5)46-30)50-54(34,35)42-16-29-24(19(2)3)12-20(4)45-29/h11,19-32H,1,12-18H2,2-10H3,(H,34,35)(H,36,37)(H,38,39)(H,40,41)/p-4/t20-,21-,22-,23-,24?,25?,26?,27?,28?,29+,30+,31+,32+/m0/s1. The first kappa shape index (κ1) is 49.7. The van der Waals surface area contributed by atoms with Crippen LogP contribution in [0.25, 0.3) is 0 Å². The molecule has 20 nitrogen and oxygen atoms in total. The van der Waals surface area contributed by atoms with E-state index in [4.69, 9.17) is 55.1 Å². The van der Waals surface area contributed by atoms with Gasteiger partial charge in [-0.25, -0.2) is 0 Å². The summed E-state index contributed by atoms with van der Waals surface area (Å²) in [5.41, 5.74) is -1.08. The summed E-state index contributed by atoms with van der Waals surface area (Å²) in [6, 6.07) is 0. The molecule has 0 aromatic rings. The van der Waals surface area contributed by atoms with Crippen LogP contribution in [0.15, 0.2) is 12.7 Å². The summed E-state index contributed by atoms with van der Waals surface area (Å²) in [5, 5.41) is 0. The number of hydrogen-bond donors (Lipinski definition) is 0. The van der Waals surface area contributed by atoms with Crippen molar-refractivity contribution in [1.82, 2.24) is 0 Å². The van der Waals surface area contributed by atoms with Gasteiger partial charge in [0, 0.05) is 19.3 Å². The van der Waals surface area contributed by atoms with Crippen molar-refractivity contribution in [1.29, 1.82) is 0 Å². The maximum atomic E-state index is 13.2. The van der Waals surface area contributed by atoms with Gasteiger partial charge in [-0.3, -0.25) is 18.3 Å². The fourth-order valence-corrected chi connectivity index (χ4v) is 11.3. The molecule has 4 aliphatic rings. The lowest BCUT2D eigenvalue weighted by Crippen LogP contribution is -2.39. The molecule has 0 saturated carbocycles. The zero-order chi connectivity index (χ0) is 42.7. The maximum Gasteiger partial charge on any atom is 0.268 e. The number of hydrogen-bond acceptors (Lipinski definition) is 20. The van der Waals surface area contributed by atoms with Gasteiger partial charge in [0.25, 0.3) is 31.3 Å². The first-order valence-corrected chi connectivity index (χ1v) is 24.9. The van der Waals surface area contributed by atoms with Crippen LogP contribution in [0.5, 0.6) is 0 Å². The van der Waals surface area contributed by atoms with E-state index in [-0.39, 0.29) is 43.8 Å². The van der Waals surface area contributed by atoms with Gasteiger partial charge in [0.2, 0.25) is 0 Å². The minimum absolute atomic E-state index is 0.0300. The first-order chi connectivity index (χ1) is 26.2. The van der Waals surface area contributed by atoms with Gasteiger partial charge in [0.15, 0.2) is 0 Å². The van der Waals surface area contributed by atoms with E-state index in [1.54, 1.807) is 20.8 Å². The average Bonchev–Trinajstić information content (AvgIpc) is 3.80. The molecule has 0 aromatic heterocycles. The third-order valence-electron chi connectivity index (χ3n) is 9.61. The van der Waals surface area contributed by atoms with Gasteiger partial charge in [0.1, 0.15) is 24.4 Å². The van der Waals surface area contributed by atoms with Gasteiger partial charge < -0.3 is 74.7 Å². The van der Waals surface area contributed by atoms with Crippen LogP contribution in [0.3, 0.4) is 0 Å². The van der Waals surface area contributed by atoms with Crippen LogP contribution in [-0.4, -0.2) is 98.7 Å². The smallest absolute Gasteiger partial charge is 0.268 e. The molecule has 4 aliphatic heterocycles. The summed E-state index contributed by atoms with van der Waals surface area (Å²) < 4.78 is 116. The normalized spacial score (nSPS) is 38.4. The van der Waals surface area contributed by atoms with E-state index in [2.05, 4.69) is 6.58 Å².